The molecule has 0 aliphatic rings. The van der Waals surface area contributed by atoms with Crippen LogP contribution in [0, 0.1) is 0 Å². The second kappa shape index (κ2) is 7.50. The van der Waals surface area contributed by atoms with Crippen LogP contribution in [0.15, 0.2) is 42.5 Å². The van der Waals surface area contributed by atoms with Crippen molar-refractivity contribution >= 4 is 5.97 Å². The van der Waals surface area contributed by atoms with Crippen LogP contribution in [0.1, 0.15) is 34.3 Å². The molecule has 4 heteroatoms. The lowest BCUT2D eigenvalue weighted by atomic mass is 9.99. The van der Waals surface area contributed by atoms with Crippen molar-refractivity contribution in [1.82, 2.24) is 0 Å². The van der Waals surface area contributed by atoms with Crippen molar-refractivity contribution in [2.75, 3.05) is 7.11 Å². The maximum Gasteiger partial charge on any atom is 0.339 e. The summed E-state index contributed by atoms with van der Waals surface area (Å²) in [6, 6.07) is 12.8. The number of benzene rings is 2. The van der Waals surface area contributed by atoms with Gasteiger partial charge >= 0.3 is 5.97 Å². The summed E-state index contributed by atoms with van der Waals surface area (Å²) in [5.41, 5.74) is 1.93. The highest BCUT2D eigenvalue weighted by atomic mass is 16.5. The molecule has 0 aromatic heterocycles. The SMILES string of the molecule is COc1ccc(CCCCc2cccc(O)c2C(=O)O)cc1. The summed E-state index contributed by atoms with van der Waals surface area (Å²) in [5, 5.41) is 18.8. The number of aromatic hydroxyl groups is 1. The first-order valence-corrected chi connectivity index (χ1v) is 7.29. The summed E-state index contributed by atoms with van der Waals surface area (Å²) < 4.78 is 5.12. The van der Waals surface area contributed by atoms with Gasteiger partial charge in [-0.25, -0.2) is 4.79 Å². The summed E-state index contributed by atoms with van der Waals surface area (Å²) in [6.07, 6.45) is 3.41. The van der Waals surface area contributed by atoms with E-state index in [1.807, 2.05) is 24.3 Å². The van der Waals surface area contributed by atoms with Crippen molar-refractivity contribution in [1.29, 1.82) is 0 Å². The van der Waals surface area contributed by atoms with E-state index >= 15 is 0 Å². The summed E-state index contributed by atoms with van der Waals surface area (Å²) in [4.78, 5) is 11.2. The molecule has 0 spiro atoms. The van der Waals surface area contributed by atoms with E-state index in [0.717, 1.165) is 25.0 Å². The van der Waals surface area contributed by atoms with E-state index in [1.165, 1.54) is 11.6 Å². The average molecular weight is 300 g/mol. The van der Waals surface area contributed by atoms with E-state index in [1.54, 1.807) is 19.2 Å². The molecule has 0 aliphatic carbocycles. The van der Waals surface area contributed by atoms with Crippen molar-refractivity contribution in [2.45, 2.75) is 25.7 Å². The summed E-state index contributed by atoms with van der Waals surface area (Å²) in [5.74, 6) is -0.405. The van der Waals surface area contributed by atoms with Crippen LogP contribution in [0.4, 0.5) is 0 Å². The molecule has 2 aromatic carbocycles. The monoisotopic (exact) mass is 300 g/mol. The molecule has 0 saturated carbocycles. The molecule has 0 heterocycles. The molecule has 0 unspecified atom stereocenters. The van der Waals surface area contributed by atoms with Gasteiger partial charge in [-0.2, -0.15) is 0 Å². The number of carboxylic acids is 1. The molecular formula is C18H20O4. The number of hydrogen-bond donors (Lipinski definition) is 2. The number of rotatable bonds is 7. The Morgan fingerprint density at radius 1 is 1.05 bits per heavy atom. The molecule has 2 aromatic rings. The van der Waals surface area contributed by atoms with Gasteiger partial charge in [-0.1, -0.05) is 24.3 Å². The lowest BCUT2D eigenvalue weighted by Crippen LogP contribution is -2.03. The van der Waals surface area contributed by atoms with E-state index in [4.69, 9.17) is 9.84 Å². The lowest BCUT2D eigenvalue weighted by molar-refractivity contribution is 0.0692. The van der Waals surface area contributed by atoms with E-state index in [9.17, 15) is 9.90 Å². The van der Waals surface area contributed by atoms with Crippen LogP contribution in [0.2, 0.25) is 0 Å². The zero-order chi connectivity index (χ0) is 15.9. The molecule has 0 fully saturated rings. The predicted molar refractivity (Wildman–Crippen MR) is 84.7 cm³/mol. The predicted octanol–water partition coefficient (Wildman–Crippen LogP) is 3.66. The number of aromatic carboxylic acids is 1. The number of aryl methyl sites for hydroxylation is 2. The highest BCUT2D eigenvalue weighted by Crippen LogP contribution is 2.23. The number of carboxylic acid groups (broad SMARTS) is 1. The van der Waals surface area contributed by atoms with Crippen molar-refractivity contribution in [3.63, 3.8) is 0 Å². The van der Waals surface area contributed by atoms with Gasteiger partial charge in [0, 0.05) is 0 Å². The number of unbranched alkanes of at least 4 members (excludes halogenated alkanes) is 1. The molecule has 0 aliphatic heterocycles. The van der Waals surface area contributed by atoms with Gasteiger partial charge in [0.05, 0.1) is 7.11 Å². The number of methoxy groups -OCH3 is 1. The van der Waals surface area contributed by atoms with E-state index < -0.39 is 5.97 Å². The largest absolute Gasteiger partial charge is 0.507 e. The average Bonchev–Trinajstić information content (AvgIpc) is 2.52. The van der Waals surface area contributed by atoms with Crippen LogP contribution in [0.5, 0.6) is 11.5 Å². The highest BCUT2D eigenvalue weighted by molar-refractivity contribution is 5.92. The first kappa shape index (κ1) is 15.9. The fourth-order valence-corrected chi connectivity index (χ4v) is 2.48. The molecular weight excluding hydrogens is 280 g/mol. The Hall–Kier alpha value is -2.49. The van der Waals surface area contributed by atoms with E-state index in [2.05, 4.69) is 0 Å². The standard InChI is InChI=1S/C18H20O4/c1-22-15-11-9-13(10-12-15)5-2-3-6-14-7-4-8-16(19)17(14)18(20)21/h4,7-12,19H,2-3,5-6H2,1H3,(H,20,21). The van der Waals surface area contributed by atoms with E-state index in [-0.39, 0.29) is 11.3 Å². The maximum atomic E-state index is 11.2. The fraction of sp³-hybridized carbons (Fsp3) is 0.278. The number of ether oxygens (including phenoxy) is 1. The Morgan fingerprint density at radius 2 is 1.73 bits per heavy atom. The Kier molecular flexibility index (Phi) is 5.42. The van der Waals surface area contributed by atoms with Gasteiger partial charge in [0.15, 0.2) is 0 Å². The second-order valence-corrected chi connectivity index (χ2v) is 5.17. The summed E-state index contributed by atoms with van der Waals surface area (Å²) in [6.45, 7) is 0. The third-order valence-electron chi connectivity index (χ3n) is 3.66. The lowest BCUT2D eigenvalue weighted by Gasteiger charge is -2.08. The van der Waals surface area contributed by atoms with Crippen molar-refractivity contribution in [2.24, 2.45) is 0 Å². The van der Waals surface area contributed by atoms with Gasteiger partial charge in [-0.3, -0.25) is 0 Å². The maximum absolute atomic E-state index is 11.2. The molecule has 0 atom stereocenters. The minimum atomic E-state index is -1.08. The normalized spacial score (nSPS) is 10.4. The molecule has 4 nitrogen and oxygen atoms in total. The topological polar surface area (TPSA) is 66.8 Å². The second-order valence-electron chi connectivity index (χ2n) is 5.17. The summed E-state index contributed by atoms with van der Waals surface area (Å²) in [7, 11) is 1.64. The third-order valence-corrected chi connectivity index (χ3v) is 3.66. The van der Waals surface area contributed by atoms with Gasteiger partial charge in [-0.05, 0) is 55.0 Å². The molecule has 0 radical (unpaired) electrons. The summed E-state index contributed by atoms with van der Waals surface area (Å²) >= 11 is 0. The third kappa shape index (κ3) is 4.01. The Morgan fingerprint density at radius 3 is 2.36 bits per heavy atom. The quantitative estimate of drug-likeness (QED) is 0.766. The molecule has 116 valence electrons. The van der Waals surface area contributed by atoms with Crippen LogP contribution >= 0.6 is 0 Å². The van der Waals surface area contributed by atoms with Gasteiger partial charge in [0.25, 0.3) is 0 Å². The highest BCUT2D eigenvalue weighted by Gasteiger charge is 2.14. The molecule has 0 bridgehead atoms. The Labute approximate surface area is 130 Å². The van der Waals surface area contributed by atoms with Gasteiger partial charge in [0.2, 0.25) is 0 Å². The first-order valence-electron chi connectivity index (χ1n) is 7.29. The van der Waals surface area contributed by atoms with Gasteiger partial charge in [0.1, 0.15) is 17.1 Å². The van der Waals surface area contributed by atoms with Crippen LogP contribution in [-0.4, -0.2) is 23.3 Å². The molecule has 0 amide bonds. The zero-order valence-electron chi connectivity index (χ0n) is 12.6. The van der Waals surface area contributed by atoms with Gasteiger partial charge < -0.3 is 14.9 Å². The molecule has 22 heavy (non-hydrogen) atoms. The molecule has 2 N–H and O–H groups in total. The van der Waals surface area contributed by atoms with Crippen LogP contribution in [-0.2, 0) is 12.8 Å². The fourth-order valence-electron chi connectivity index (χ4n) is 2.48. The minimum Gasteiger partial charge on any atom is -0.507 e. The Balaban J connectivity index is 1.88. The van der Waals surface area contributed by atoms with Crippen molar-refractivity contribution in [3.8, 4) is 11.5 Å². The molecule has 2 rings (SSSR count). The van der Waals surface area contributed by atoms with Crippen LogP contribution in [0.3, 0.4) is 0 Å². The van der Waals surface area contributed by atoms with Crippen molar-refractivity contribution < 1.29 is 19.7 Å². The van der Waals surface area contributed by atoms with Crippen molar-refractivity contribution in [3.05, 3.63) is 59.2 Å². The van der Waals surface area contributed by atoms with E-state index in [0.29, 0.717) is 12.0 Å². The smallest absolute Gasteiger partial charge is 0.339 e. The number of carbonyl (C=O) groups is 1. The van der Waals surface area contributed by atoms with Gasteiger partial charge in [-0.15, -0.1) is 0 Å². The Bertz CT molecular complexity index is 632. The zero-order valence-corrected chi connectivity index (χ0v) is 12.6. The number of hydrogen-bond acceptors (Lipinski definition) is 3. The first-order chi connectivity index (χ1) is 10.6. The number of phenols is 1. The molecule has 0 saturated heterocycles. The van der Waals surface area contributed by atoms with Crippen LogP contribution in [0.25, 0.3) is 0 Å². The van der Waals surface area contributed by atoms with Crippen LogP contribution < -0.4 is 4.74 Å². The minimum absolute atomic E-state index is 0.0203.